The quantitative estimate of drug-likeness (QED) is 0.729. The lowest BCUT2D eigenvalue weighted by Crippen LogP contribution is -2.42. The molecular formula is C18H25NO5. The Hall–Kier alpha value is -1.79. The number of benzene rings is 1. The highest BCUT2D eigenvalue weighted by atomic mass is 16.5. The van der Waals surface area contributed by atoms with Crippen molar-refractivity contribution >= 4 is 5.97 Å². The van der Waals surface area contributed by atoms with Crippen LogP contribution in [-0.2, 0) is 11.2 Å². The van der Waals surface area contributed by atoms with Gasteiger partial charge in [-0.15, -0.1) is 0 Å². The summed E-state index contributed by atoms with van der Waals surface area (Å²) < 4.78 is 11.4. The molecule has 24 heavy (non-hydrogen) atoms. The van der Waals surface area contributed by atoms with Crippen LogP contribution >= 0.6 is 0 Å². The molecular weight excluding hydrogens is 310 g/mol. The van der Waals surface area contributed by atoms with Crippen LogP contribution in [0.2, 0.25) is 0 Å². The van der Waals surface area contributed by atoms with Gasteiger partial charge in [0.25, 0.3) is 0 Å². The zero-order chi connectivity index (χ0) is 17.1. The van der Waals surface area contributed by atoms with E-state index in [1.54, 1.807) is 13.2 Å². The second-order valence-corrected chi connectivity index (χ2v) is 6.75. The van der Waals surface area contributed by atoms with Crippen molar-refractivity contribution in [3.05, 3.63) is 23.8 Å². The van der Waals surface area contributed by atoms with E-state index < -0.39 is 12.1 Å². The molecule has 1 aliphatic carbocycles. The average Bonchev–Trinajstić information content (AvgIpc) is 3.00. The smallest absolute Gasteiger partial charge is 0.303 e. The van der Waals surface area contributed by atoms with E-state index in [4.69, 9.17) is 14.6 Å². The number of carbonyl (C=O) groups is 1. The molecule has 3 rings (SSSR count). The topological polar surface area (TPSA) is 88.0 Å². The van der Waals surface area contributed by atoms with Gasteiger partial charge in [-0.3, -0.25) is 4.79 Å². The molecule has 3 N–H and O–H groups in total. The molecule has 4 atom stereocenters. The van der Waals surface area contributed by atoms with E-state index in [9.17, 15) is 9.90 Å². The van der Waals surface area contributed by atoms with E-state index in [1.807, 2.05) is 12.1 Å². The van der Waals surface area contributed by atoms with Crippen molar-refractivity contribution in [3.63, 3.8) is 0 Å². The zero-order valence-electron chi connectivity index (χ0n) is 13.9. The Kier molecular flexibility index (Phi) is 5.26. The average molecular weight is 335 g/mol. The molecule has 0 amide bonds. The van der Waals surface area contributed by atoms with Crippen LogP contribution in [0.5, 0.6) is 11.5 Å². The number of aliphatic hydroxyl groups excluding tert-OH is 1. The van der Waals surface area contributed by atoms with Gasteiger partial charge < -0.3 is 25.0 Å². The van der Waals surface area contributed by atoms with E-state index in [0.29, 0.717) is 29.8 Å². The van der Waals surface area contributed by atoms with E-state index in [1.165, 1.54) is 0 Å². The number of aliphatic carboxylic acids is 1. The molecule has 1 saturated heterocycles. The Bertz CT molecular complexity index is 591. The third-order valence-electron chi connectivity index (χ3n) is 5.12. The lowest BCUT2D eigenvalue weighted by molar-refractivity contribution is -0.136. The summed E-state index contributed by atoms with van der Waals surface area (Å²) in [5, 5.41) is 22.6. The Balaban J connectivity index is 1.72. The van der Waals surface area contributed by atoms with Crippen LogP contribution in [0.15, 0.2) is 18.2 Å². The number of fused-ring (bicyclic) bond motifs is 1. The minimum absolute atomic E-state index is 0.0766. The number of hydrogen-bond acceptors (Lipinski definition) is 5. The molecule has 0 unspecified atom stereocenters. The van der Waals surface area contributed by atoms with Crippen LogP contribution < -0.4 is 14.8 Å². The summed E-state index contributed by atoms with van der Waals surface area (Å²) in [6.45, 7) is 1.95. The predicted octanol–water partition coefficient (Wildman–Crippen LogP) is 1.45. The van der Waals surface area contributed by atoms with Crippen molar-refractivity contribution < 1.29 is 24.5 Å². The van der Waals surface area contributed by atoms with Gasteiger partial charge in [0.1, 0.15) is 6.10 Å². The van der Waals surface area contributed by atoms with E-state index >= 15 is 0 Å². The molecule has 1 heterocycles. The minimum Gasteiger partial charge on any atom is -0.493 e. The molecule has 0 aromatic heterocycles. The maximum atomic E-state index is 10.8. The molecule has 0 radical (unpaired) electrons. The van der Waals surface area contributed by atoms with Crippen molar-refractivity contribution in [2.75, 3.05) is 20.2 Å². The fourth-order valence-electron chi connectivity index (χ4n) is 3.77. The summed E-state index contributed by atoms with van der Waals surface area (Å²) in [5.41, 5.74) is 0.888. The maximum Gasteiger partial charge on any atom is 0.303 e. The fraction of sp³-hybridized carbons (Fsp3) is 0.611. The molecule has 6 heteroatoms. The molecule has 0 spiro atoms. The summed E-state index contributed by atoms with van der Waals surface area (Å²) in [4.78, 5) is 10.8. The number of aliphatic hydroxyl groups is 1. The molecule has 132 valence electrons. The van der Waals surface area contributed by atoms with Gasteiger partial charge in [-0.05, 0) is 61.9 Å². The predicted molar refractivity (Wildman–Crippen MR) is 88.5 cm³/mol. The highest BCUT2D eigenvalue weighted by Crippen LogP contribution is 2.37. The van der Waals surface area contributed by atoms with Crippen molar-refractivity contribution in [3.8, 4) is 11.5 Å². The first-order valence-electron chi connectivity index (χ1n) is 8.51. The van der Waals surface area contributed by atoms with Gasteiger partial charge in [0.05, 0.1) is 13.2 Å². The normalized spacial score (nSPS) is 29.1. The number of rotatable bonds is 6. The minimum atomic E-state index is -0.823. The highest BCUT2D eigenvalue weighted by molar-refractivity contribution is 5.67. The molecule has 1 aliphatic heterocycles. The Morgan fingerprint density at radius 1 is 1.25 bits per heavy atom. The van der Waals surface area contributed by atoms with Crippen LogP contribution in [0.1, 0.15) is 24.8 Å². The summed E-state index contributed by atoms with van der Waals surface area (Å²) in [6.07, 6.45) is 1.35. The molecule has 6 nitrogen and oxygen atoms in total. The van der Waals surface area contributed by atoms with Crippen LogP contribution in [-0.4, -0.2) is 48.6 Å². The third-order valence-corrected chi connectivity index (χ3v) is 5.12. The third kappa shape index (κ3) is 3.82. The highest BCUT2D eigenvalue weighted by Gasteiger charge is 2.40. The van der Waals surface area contributed by atoms with Crippen LogP contribution in [0, 0.1) is 11.8 Å². The summed E-state index contributed by atoms with van der Waals surface area (Å²) in [5.74, 6) is 1.43. The number of ether oxygens (including phenoxy) is 2. The van der Waals surface area contributed by atoms with Crippen molar-refractivity contribution in [2.24, 2.45) is 11.8 Å². The zero-order valence-corrected chi connectivity index (χ0v) is 13.9. The SMILES string of the molecule is COc1ccc(CCC(=O)O)cc1O[C@@H]1C[C@@H]2CNC[C@@H]2C[C@H]1O. The molecule has 1 aromatic carbocycles. The Morgan fingerprint density at radius 2 is 2.00 bits per heavy atom. The van der Waals surface area contributed by atoms with Crippen molar-refractivity contribution in [1.82, 2.24) is 5.32 Å². The van der Waals surface area contributed by atoms with Crippen LogP contribution in [0.4, 0.5) is 0 Å². The van der Waals surface area contributed by atoms with Gasteiger partial charge in [0.15, 0.2) is 11.5 Å². The van der Waals surface area contributed by atoms with Gasteiger partial charge in [0.2, 0.25) is 0 Å². The first kappa shape index (κ1) is 17.0. The standard InChI is InChI=1S/C18H25NO5/c1-23-15-4-2-11(3-5-18(21)22)6-17(15)24-16-8-13-10-19-9-12(13)7-14(16)20/h2,4,6,12-14,16,19-20H,3,5,7-10H2,1H3,(H,21,22)/t12-,13+,14+,16+/m0/s1. The number of carboxylic acids is 1. The van der Waals surface area contributed by atoms with Gasteiger partial charge in [0, 0.05) is 6.42 Å². The number of methoxy groups -OCH3 is 1. The van der Waals surface area contributed by atoms with Gasteiger partial charge in [-0.25, -0.2) is 0 Å². The number of carboxylic acid groups (broad SMARTS) is 1. The van der Waals surface area contributed by atoms with E-state index in [2.05, 4.69) is 5.32 Å². The lowest BCUT2D eigenvalue weighted by atomic mass is 9.78. The molecule has 0 bridgehead atoms. The summed E-state index contributed by atoms with van der Waals surface area (Å²) >= 11 is 0. The van der Waals surface area contributed by atoms with Gasteiger partial charge in [-0.2, -0.15) is 0 Å². The van der Waals surface area contributed by atoms with E-state index in [-0.39, 0.29) is 12.5 Å². The maximum absolute atomic E-state index is 10.8. The van der Waals surface area contributed by atoms with Crippen LogP contribution in [0.3, 0.4) is 0 Å². The first-order chi connectivity index (χ1) is 11.6. The largest absolute Gasteiger partial charge is 0.493 e. The second-order valence-electron chi connectivity index (χ2n) is 6.75. The van der Waals surface area contributed by atoms with E-state index in [0.717, 1.165) is 31.5 Å². The number of aryl methyl sites for hydroxylation is 1. The molecule has 1 aromatic rings. The van der Waals surface area contributed by atoms with Crippen molar-refractivity contribution in [1.29, 1.82) is 0 Å². The fourth-order valence-corrected chi connectivity index (χ4v) is 3.77. The molecule has 1 saturated carbocycles. The van der Waals surface area contributed by atoms with Gasteiger partial charge in [-0.1, -0.05) is 6.07 Å². The number of hydrogen-bond donors (Lipinski definition) is 3. The molecule has 2 aliphatic rings. The summed E-state index contributed by atoms with van der Waals surface area (Å²) in [7, 11) is 1.58. The van der Waals surface area contributed by atoms with Gasteiger partial charge >= 0.3 is 5.97 Å². The molecule has 2 fully saturated rings. The Morgan fingerprint density at radius 3 is 2.71 bits per heavy atom. The monoisotopic (exact) mass is 335 g/mol. The summed E-state index contributed by atoms with van der Waals surface area (Å²) in [6, 6.07) is 5.47. The first-order valence-corrected chi connectivity index (χ1v) is 8.51. The number of nitrogens with one attached hydrogen (secondary N) is 1. The van der Waals surface area contributed by atoms with Crippen molar-refractivity contribution in [2.45, 2.75) is 37.9 Å². The Labute approximate surface area is 141 Å². The second kappa shape index (κ2) is 7.40. The van der Waals surface area contributed by atoms with Crippen LogP contribution in [0.25, 0.3) is 0 Å². The lowest BCUT2D eigenvalue weighted by Gasteiger charge is -2.35.